The van der Waals surface area contributed by atoms with E-state index in [1.54, 1.807) is 6.20 Å². The maximum absolute atomic E-state index is 12.2. The third-order valence-electron chi connectivity index (χ3n) is 3.44. The first-order valence-corrected chi connectivity index (χ1v) is 6.52. The van der Waals surface area contributed by atoms with Crippen LogP contribution in [0.15, 0.2) is 18.3 Å². The Kier molecular flexibility index (Phi) is 4.14. The SMILES string of the molecule is Cc1ccc(CC(=O)N2CCCCC2C(=O)O)cn1. The molecule has 1 saturated heterocycles. The molecule has 19 heavy (non-hydrogen) atoms. The molecule has 1 aromatic heterocycles. The lowest BCUT2D eigenvalue weighted by molar-refractivity contribution is -0.151. The first-order valence-electron chi connectivity index (χ1n) is 6.52. The van der Waals surface area contributed by atoms with E-state index in [1.165, 1.54) is 4.90 Å². The van der Waals surface area contributed by atoms with Crippen molar-refractivity contribution in [3.05, 3.63) is 29.6 Å². The van der Waals surface area contributed by atoms with Gasteiger partial charge in [0.25, 0.3) is 0 Å². The predicted molar refractivity (Wildman–Crippen MR) is 69.7 cm³/mol. The Labute approximate surface area is 112 Å². The van der Waals surface area contributed by atoms with Gasteiger partial charge in [-0.25, -0.2) is 4.79 Å². The molecule has 1 atom stereocenters. The number of hydrogen-bond donors (Lipinski definition) is 1. The van der Waals surface area contributed by atoms with E-state index < -0.39 is 12.0 Å². The van der Waals surface area contributed by atoms with E-state index in [2.05, 4.69) is 4.98 Å². The number of hydrogen-bond acceptors (Lipinski definition) is 3. The van der Waals surface area contributed by atoms with Crippen molar-refractivity contribution in [2.24, 2.45) is 0 Å². The molecule has 5 heteroatoms. The molecule has 1 aromatic rings. The fraction of sp³-hybridized carbons (Fsp3) is 0.500. The number of aryl methyl sites for hydroxylation is 1. The smallest absolute Gasteiger partial charge is 0.326 e. The summed E-state index contributed by atoms with van der Waals surface area (Å²) >= 11 is 0. The van der Waals surface area contributed by atoms with Crippen LogP contribution in [0.2, 0.25) is 0 Å². The van der Waals surface area contributed by atoms with Crippen LogP contribution >= 0.6 is 0 Å². The number of carboxylic acids is 1. The summed E-state index contributed by atoms with van der Waals surface area (Å²) in [6.45, 7) is 2.42. The second-order valence-corrected chi connectivity index (χ2v) is 4.92. The molecular weight excluding hydrogens is 244 g/mol. The number of carbonyl (C=O) groups is 2. The minimum Gasteiger partial charge on any atom is -0.480 e. The molecule has 0 spiro atoms. The van der Waals surface area contributed by atoms with Crippen molar-refractivity contribution in [1.82, 2.24) is 9.88 Å². The first kappa shape index (κ1) is 13.5. The molecule has 0 bridgehead atoms. The number of nitrogens with zero attached hydrogens (tertiary/aromatic N) is 2. The van der Waals surface area contributed by atoms with Crippen molar-refractivity contribution >= 4 is 11.9 Å². The molecule has 1 aliphatic rings. The van der Waals surface area contributed by atoms with Crippen LogP contribution in [-0.4, -0.2) is 39.5 Å². The van der Waals surface area contributed by atoms with Gasteiger partial charge in [-0.3, -0.25) is 9.78 Å². The molecule has 2 heterocycles. The van der Waals surface area contributed by atoms with Gasteiger partial charge in [0.1, 0.15) is 6.04 Å². The zero-order valence-corrected chi connectivity index (χ0v) is 11.0. The minimum atomic E-state index is -0.907. The lowest BCUT2D eigenvalue weighted by Crippen LogP contribution is -2.48. The highest BCUT2D eigenvalue weighted by Gasteiger charge is 2.31. The number of likely N-dealkylation sites (tertiary alicyclic amines) is 1. The maximum Gasteiger partial charge on any atom is 0.326 e. The summed E-state index contributed by atoms with van der Waals surface area (Å²) in [6, 6.07) is 3.05. The monoisotopic (exact) mass is 262 g/mol. The third kappa shape index (κ3) is 3.30. The molecule has 1 amide bonds. The van der Waals surface area contributed by atoms with Crippen molar-refractivity contribution in [2.45, 2.75) is 38.6 Å². The Balaban J connectivity index is 2.05. The maximum atomic E-state index is 12.2. The summed E-state index contributed by atoms with van der Waals surface area (Å²) in [4.78, 5) is 29.0. The minimum absolute atomic E-state index is 0.127. The van der Waals surface area contributed by atoms with E-state index in [4.69, 9.17) is 5.11 Å². The molecule has 0 aliphatic carbocycles. The van der Waals surface area contributed by atoms with Crippen LogP contribution in [0.1, 0.15) is 30.5 Å². The molecule has 1 unspecified atom stereocenters. The zero-order valence-electron chi connectivity index (χ0n) is 11.0. The summed E-state index contributed by atoms with van der Waals surface area (Å²) in [7, 11) is 0. The molecule has 1 aliphatic heterocycles. The van der Waals surface area contributed by atoms with E-state index in [9.17, 15) is 9.59 Å². The first-order chi connectivity index (χ1) is 9.08. The number of carbonyl (C=O) groups excluding carboxylic acids is 1. The van der Waals surface area contributed by atoms with Gasteiger partial charge >= 0.3 is 5.97 Å². The second-order valence-electron chi connectivity index (χ2n) is 4.92. The molecule has 5 nitrogen and oxygen atoms in total. The Bertz CT molecular complexity index is 470. The van der Waals surface area contributed by atoms with Gasteiger partial charge in [-0.1, -0.05) is 6.07 Å². The van der Waals surface area contributed by atoms with E-state index in [1.807, 2.05) is 19.1 Å². The van der Waals surface area contributed by atoms with E-state index in [0.717, 1.165) is 24.1 Å². The number of carboxylic acid groups (broad SMARTS) is 1. The molecule has 1 fully saturated rings. The van der Waals surface area contributed by atoms with Gasteiger partial charge in [0.2, 0.25) is 5.91 Å². The second kappa shape index (κ2) is 5.82. The van der Waals surface area contributed by atoms with Crippen molar-refractivity contribution in [3.63, 3.8) is 0 Å². The predicted octanol–water partition coefficient (Wildman–Crippen LogP) is 1.40. The average Bonchev–Trinajstić information content (AvgIpc) is 2.41. The number of amides is 1. The van der Waals surface area contributed by atoms with Crippen LogP contribution in [0, 0.1) is 6.92 Å². The van der Waals surface area contributed by atoms with Crippen molar-refractivity contribution in [1.29, 1.82) is 0 Å². The van der Waals surface area contributed by atoms with Crippen molar-refractivity contribution in [3.8, 4) is 0 Å². The fourth-order valence-electron chi connectivity index (χ4n) is 2.37. The largest absolute Gasteiger partial charge is 0.480 e. The molecule has 102 valence electrons. The van der Waals surface area contributed by atoms with Gasteiger partial charge in [0, 0.05) is 18.4 Å². The third-order valence-corrected chi connectivity index (χ3v) is 3.44. The topological polar surface area (TPSA) is 70.5 Å². The summed E-state index contributed by atoms with van der Waals surface area (Å²) in [5, 5.41) is 9.15. The van der Waals surface area contributed by atoms with Crippen LogP contribution in [0.4, 0.5) is 0 Å². The summed E-state index contributed by atoms with van der Waals surface area (Å²) < 4.78 is 0. The molecule has 1 N–H and O–H groups in total. The van der Waals surface area contributed by atoms with Gasteiger partial charge < -0.3 is 10.0 Å². The summed E-state index contributed by atoms with van der Waals surface area (Å²) in [6.07, 6.45) is 4.19. The van der Waals surface area contributed by atoms with Crippen LogP contribution < -0.4 is 0 Å². The van der Waals surface area contributed by atoms with Gasteiger partial charge in [-0.15, -0.1) is 0 Å². The molecule has 0 aromatic carbocycles. The Morgan fingerprint density at radius 1 is 1.42 bits per heavy atom. The Morgan fingerprint density at radius 2 is 2.21 bits per heavy atom. The van der Waals surface area contributed by atoms with E-state index >= 15 is 0 Å². The highest BCUT2D eigenvalue weighted by atomic mass is 16.4. The highest BCUT2D eigenvalue weighted by Crippen LogP contribution is 2.18. The molecule has 2 rings (SSSR count). The van der Waals surface area contributed by atoms with Crippen molar-refractivity contribution in [2.75, 3.05) is 6.54 Å². The summed E-state index contributed by atoms with van der Waals surface area (Å²) in [5.41, 5.74) is 1.72. The number of rotatable bonds is 3. The van der Waals surface area contributed by atoms with Gasteiger partial charge in [0.05, 0.1) is 6.42 Å². The highest BCUT2D eigenvalue weighted by molar-refractivity contribution is 5.85. The number of aromatic nitrogens is 1. The van der Waals surface area contributed by atoms with Gasteiger partial charge in [-0.05, 0) is 37.8 Å². The van der Waals surface area contributed by atoms with E-state index in [-0.39, 0.29) is 12.3 Å². The average molecular weight is 262 g/mol. The number of piperidine rings is 1. The van der Waals surface area contributed by atoms with Crippen molar-refractivity contribution < 1.29 is 14.7 Å². The fourth-order valence-corrected chi connectivity index (χ4v) is 2.37. The normalized spacial score (nSPS) is 19.2. The Morgan fingerprint density at radius 3 is 2.84 bits per heavy atom. The number of aliphatic carboxylic acids is 1. The van der Waals surface area contributed by atoms with Crippen LogP contribution in [0.3, 0.4) is 0 Å². The molecule has 0 radical (unpaired) electrons. The molecular formula is C14H18N2O3. The number of pyridine rings is 1. The lowest BCUT2D eigenvalue weighted by Gasteiger charge is -2.33. The lowest BCUT2D eigenvalue weighted by atomic mass is 10.0. The van der Waals surface area contributed by atoms with Crippen LogP contribution in [-0.2, 0) is 16.0 Å². The van der Waals surface area contributed by atoms with Gasteiger partial charge in [-0.2, -0.15) is 0 Å². The quantitative estimate of drug-likeness (QED) is 0.893. The zero-order chi connectivity index (χ0) is 13.8. The molecule has 0 saturated carbocycles. The Hall–Kier alpha value is -1.91. The standard InChI is InChI=1S/C14H18N2O3/c1-10-5-6-11(9-15-10)8-13(17)16-7-3-2-4-12(16)14(18)19/h5-6,9,12H,2-4,7-8H2,1H3,(H,18,19). The summed E-state index contributed by atoms with van der Waals surface area (Å²) in [5.74, 6) is -1.03. The van der Waals surface area contributed by atoms with Crippen LogP contribution in [0.5, 0.6) is 0 Å². The van der Waals surface area contributed by atoms with Crippen LogP contribution in [0.25, 0.3) is 0 Å². The van der Waals surface area contributed by atoms with E-state index in [0.29, 0.717) is 13.0 Å². The van der Waals surface area contributed by atoms with Gasteiger partial charge in [0.15, 0.2) is 0 Å².